The highest BCUT2D eigenvalue weighted by Crippen LogP contribution is 1.91. The Hall–Kier alpha value is -1.69. The van der Waals surface area contributed by atoms with E-state index in [0.29, 0.717) is 0 Å². The minimum atomic E-state index is -0.628. The molecule has 1 N–H and O–H groups in total. The summed E-state index contributed by atoms with van der Waals surface area (Å²) in [5, 5.41) is 3.07. The molecule has 0 spiro atoms. The number of nitrogens with one attached hydrogen (secondary N) is 1. The molecule has 0 aliphatic rings. The van der Waals surface area contributed by atoms with Crippen LogP contribution < -0.4 is 5.32 Å². The fraction of sp³-hybridized carbons (Fsp3) is 0.500. The van der Waals surface area contributed by atoms with E-state index >= 15 is 0 Å². The molecule has 0 fully saturated rings. The van der Waals surface area contributed by atoms with Crippen molar-refractivity contribution in [3.63, 3.8) is 0 Å². The molecule has 0 heterocycles. The van der Waals surface area contributed by atoms with Gasteiger partial charge in [-0.3, -0.25) is 24.5 Å². The van der Waals surface area contributed by atoms with Crippen molar-refractivity contribution in [3.05, 3.63) is 12.2 Å². The number of imide groups is 1. The number of rotatable bonds is 4. The third-order valence-corrected chi connectivity index (χ3v) is 1.73. The summed E-state index contributed by atoms with van der Waals surface area (Å²) in [6, 6.07) is 0. The van der Waals surface area contributed by atoms with Gasteiger partial charge < -0.3 is 0 Å². The van der Waals surface area contributed by atoms with Gasteiger partial charge in [-0.15, -0.1) is 0 Å². The molecule has 0 aliphatic heterocycles. The van der Waals surface area contributed by atoms with Crippen molar-refractivity contribution in [2.24, 2.45) is 5.92 Å². The Bertz CT molecular complexity index is 310. The molecular weight excluding hydrogens is 212 g/mol. The number of carbonyl (C=O) groups is 3. The van der Waals surface area contributed by atoms with E-state index in [1.807, 2.05) is 0 Å². The maximum Gasteiger partial charge on any atom is 0.270 e. The van der Waals surface area contributed by atoms with Gasteiger partial charge in [0.1, 0.15) is 0 Å². The fourth-order valence-electron chi connectivity index (χ4n) is 0.649. The van der Waals surface area contributed by atoms with Crippen LogP contribution in [0.1, 0.15) is 13.8 Å². The van der Waals surface area contributed by atoms with Crippen LogP contribution in [0.4, 0.5) is 0 Å². The molecule has 0 aromatic heterocycles. The Balaban J connectivity index is 4.20. The van der Waals surface area contributed by atoms with E-state index in [1.54, 1.807) is 13.8 Å². The van der Waals surface area contributed by atoms with Crippen LogP contribution in [0.15, 0.2) is 12.2 Å². The summed E-state index contributed by atoms with van der Waals surface area (Å²) >= 11 is 0. The Morgan fingerprint density at radius 1 is 1.25 bits per heavy atom. The van der Waals surface area contributed by atoms with Crippen molar-refractivity contribution in [2.75, 3.05) is 14.2 Å². The van der Waals surface area contributed by atoms with Gasteiger partial charge in [0.15, 0.2) is 0 Å². The minimum Gasteiger partial charge on any atom is -0.293 e. The van der Waals surface area contributed by atoms with Crippen LogP contribution in [0.3, 0.4) is 0 Å². The van der Waals surface area contributed by atoms with Crippen molar-refractivity contribution < 1.29 is 19.2 Å². The second-order valence-electron chi connectivity index (χ2n) is 3.36. The fourth-order valence-corrected chi connectivity index (χ4v) is 0.649. The van der Waals surface area contributed by atoms with E-state index in [2.05, 4.69) is 10.2 Å². The molecule has 0 radical (unpaired) electrons. The van der Waals surface area contributed by atoms with E-state index in [0.717, 1.165) is 17.2 Å². The molecule has 90 valence electrons. The SMILES string of the molecule is CON(C)C(=O)/C=C/C(=O)NC(=O)C(C)C. The topological polar surface area (TPSA) is 75.7 Å². The van der Waals surface area contributed by atoms with E-state index in [4.69, 9.17) is 0 Å². The predicted molar refractivity (Wildman–Crippen MR) is 56.9 cm³/mol. The van der Waals surface area contributed by atoms with Crippen molar-refractivity contribution in [2.45, 2.75) is 13.8 Å². The zero-order valence-electron chi connectivity index (χ0n) is 9.81. The number of amides is 3. The zero-order valence-corrected chi connectivity index (χ0v) is 9.81. The van der Waals surface area contributed by atoms with Gasteiger partial charge in [-0.05, 0) is 0 Å². The highest BCUT2D eigenvalue weighted by molar-refractivity contribution is 6.04. The van der Waals surface area contributed by atoms with Gasteiger partial charge in [0.2, 0.25) is 5.91 Å². The summed E-state index contributed by atoms with van der Waals surface area (Å²) in [6.07, 6.45) is 2.00. The van der Waals surface area contributed by atoms with Gasteiger partial charge >= 0.3 is 0 Å². The second kappa shape index (κ2) is 6.73. The average molecular weight is 228 g/mol. The van der Waals surface area contributed by atoms with Crippen LogP contribution in [0.25, 0.3) is 0 Å². The van der Waals surface area contributed by atoms with Gasteiger partial charge in [0.25, 0.3) is 11.8 Å². The summed E-state index contributed by atoms with van der Waals surface area (Å²) < 4.78 is 0. The highest BCUT2D eigenvalue weighted by atomic mass is 16.7. The van der Waals surface area contributed by atoms with Crippen LogP contribution in [0.2, 0.25) is 0 Å². The molecule has 0 bridgehead atoms. The van der Waals surface area contributed by atoms with E-state index < -0.39 is 11.8 Å². The summed E-state index contributed by atoms with van der Waals surface area (Å²) in [6.45, 7) is 3.33. The third-order valence-electron chi connectivity index (χ3n) is 1.73. The standard InChI is InChI=1S/C10H16N2O4/c1-7(2)10(15)11-8(13)5-6-9(14)12(3)16-4/h5-7H,1-4H3,(H,11,13,15)/b6-5+. The van der Waals surface area contributed by atoms with Gasteiger partial charge in [-0.2, -0.15) is 0 Å². The van der Waals surface area contributed by atoms with E-state index in [9.17, 15) is 14.4 Å². The highest BCUT2D eigenvalue weighted by Gasteiger charge is 2.09. The van der Waals surface area contributed by atoms with Crippen LogP contribution in [0.5, 0.6) is 0 Å². The first-order valence-corrected chi connectivity index (χ1v) is 4.73. The van der Waals surface area contributed by atoms with Crippen molar-refractivity contribution in [1.29, 1.82) is 0 Å². The van der Waals surface area contributed by atoms with Gasteiger partial charge in [-0.1, -0.05) is 13.8 Å². The third kappa shape index (κ3) is 5.26. The number of hydroxylamine groups is 2. The van der Waals surface area contributed by atoms with E-state index in [-0.39, 0.29) is 11.8 Å². The van der Waals surface area contributed by atoms with Gasteiger partial charge in [0.05, 0.1) is 7.11 Å². The number of nitrogens with zero attached hydrogens (tertiary/aromatic N) is 1. The summed E-state index contributed by atoms with van der Waals surface area (Å²) in [4.78, 5) is 38.0. The van der Waals surface area contributed by atoms with Crippen molar-refractivity contribution in [3.8, 4) is 0 Å². The monoisotopic (exact) mass is 228 g/mol. The largest absolute Gasteiger partial charge is 0.293 e. The maximum absolute atomic E-state index is 11.1. The minimum absolute atomic E-state index is 0.283. The normalized spacial score (nSPS) is 10.6. The lowest BCUT2D eigenvalue weighted by molar-refractivity contribution is -0.162. The molecule has 0 saturated carbocycles. The molecule has 0 rings (SSSR count). The molecule has 6 heteroatoms. The number of hydrogen-bond acceptors (Lipinski definition) is 4. The average Bonchev–Trinajstić information content (AvgIpc) is 2.24. The molecule has 0 unspecified atom stereocenters. The van der Waals surface area contributed by atoms with Crippen LogP contribution in [-0.2, 0) is 19.2 Å². The Kier molecular flexibility index (Phi) is 6.02. The molecule has 0 aromatic rings. The molecule has 3 amide bonds. The van der Waals surface area contributed by atoms with Crippen molar-refractivity contribution >= 4 is 17.7 Å². The lowest BCUT2D eigenvalue weighted by Crippen LogP contribution is -2.32. The Labute approximate surface area is 94.2 Å². The molecular formula is C10H16N2O4. The van der Waals surface area contributed by atoms with Crippen LogP contribution in [0, 0.1) is 5.92 Å². The first-order valence-electron chi connectivity index (χ1n) is 4.73. The lowest BCUT2D eigenvalue weighted by atomic mass is 10.2. The van der Waals surface area contributed by atoms with Crippen molar-refractivity contribution in [1.82, 2.24) is 10.4 Å². The number of carbonyl (C=O) groups excluding carboxylic acids is 3. The molecule has 0 aliphatic carbocycles. The smallest absolute Gasteiger partial charge is 0.270 e. The first kappa shape index (κ1) is 14.3. The van der Waals surface area contributed by atoms with Gasteiger partial charge in [0, 0.05) is 25.1 Å². The van der Waals surface area contributed by atoms with Crippen LogP contribution >= 0.6 is 0 Å². The summed E-state index contributed by atoms with van der Waals surface area (Å²) in [7, 11) is 2.73. The zero-order chi connectivity index (χ0) is 12.7. The first-order chi connectivity index (χ1) is 7.38. The number of hydrogen-bond donors (Lipinski definition) is 1. The Morgan fingerprint density at radius 3 is 2.25 bits per heavy atom. The quantitative estimate of drug-likeness (QED) is 0.537. The number of likely N-dealkylation sites (N-methyl/N-ethyl adjacent to an activating group) is 1. The lowest BCUT2D eigenvalue weighted by Gasteiger charge is -2.10. The van der Waals surface area contributed by atoms with E-state index in [1.165, 1.54) is 14.2 Å². The summed E-state index contributed by atoms with van der Waals surface area (Å²) in [5.74, 6) is -1.79. The summed E-state index contributed by atoms with van der Waals surface area (Å²) in [5.41, 5.74) is 0. The molecule has 0 saturated heterocycles. The molecule has 6 nitrogen and oxygen atoms in total. The second-order valence-corrected chi connectivity index (χ2v) is 3.36. The Morgan fingerprint density at radius 2 is 1.81 bits per heavy atom. The molecule has 16 heavy (non-hydrogen) atoms. The molecule has 0 atom stereocenters. The predicted octanol–water partition coefficient (Wildman–Crippen LogP) is -0.139. The van der Waals surface area contributed by atoms with Crippen LogP contribution in [-0.4, -0.2) is 36.9 Å². The maximum atomic E-state index is 11.1. The van der Waals surface area contributed by atoms with Gasteiger partial charge in [-0.25, -0.2) is 5.06 Å². The molecule has 0 aromatic carbocycles.